The molecule has 0 fully saturated rings. The van der Waals surface area contributed by atoms with Gasteiger partial charge in [0.05, 0.1) is 23.0 Å². The molecule has 0 aliphatic rings. The molecule has 0 atom stereocenters. The van der Waals surface area contributed by atoms with Gasteiger partial charge in [0, 0.05) is 0 Å². The van der Waals surface area contributed by atoms with Crippen LogP contribution in [0.4, 0.5) is 0 Å². The molecular formula is C17H22O2S. The van der Waals surface area contributed by atoms with Crippen molar-refractivity contribution in [3.63, 3.8) is 0 Å². The zero-order valence-electron chi connectivity index (χ0n) is 12.3. The van der Waals surface area contributed by atoms with E-state index >= 15 is 0 Å². The molecule has 0 spiro atoms. The van der Waals surface area contributed by atoms with Gasteiger partial charge < -0.3 is 0 Å². The van der Waals surface area contributed by atoms with Gasteiger partial charge in [-0.3, -0.25) is 8.37 Å². The summed E-state index contributed by atoms with van der Waals surface area (Å²) in [5.41, 5.74) is 1.20. The molecule has 0 radical (unpaired) electrons. The highest BCUT2D eigenvalue weighted by atomic mass is 32.3. The van der Waals surface area contributed by atoms with E-state index in [1.54, 1.807) is 0 Å². The lowest BCUT2D eigenvalue weighted by atomic mass is 10.2. The fourth-order valence-corrected chi connectivity index (χ4v) is 4.99. The summed E-state index contributed by atoms with van der Waals surface area (Å²) in [6.07, 6.45) is 0. The van der Waals surface area contributed by atoms with Crippen molar-refractivity contribution in [1.29, 1.82) is 0 Å². The maximum absolute atomic E-state index is 6.18. The standard InChI is InChI=1S/C17H22O2S/c1-4-18-20(19-5-2,16-12-7-6-8-13-16)17-14-10-9-11-15(17)3/h6-14H,4-5H2,1-3H3. The molecule has 0 aliphatic carbocycles. The van der Waals surface area contributed by atoms with Gasteiger partial charge in [0.25, 0.3) is 0 Å². The molecule has 0 aliphatic heterocycles. The number of hydrogen-bond donors (Lipinski definition) is 0. The third-order valence-electron chi connectivity index (χ3n) is 3.00. The minimum absolute atomic E-state index is 0.624. The lowest BCUT2D eigenvalue weighted by Crippen LogP contribution is -2.12. The summed E-state index contributed by atoms with van der Waals surface area (Å²) in [6.45, 7) is 7.39. The Labute approximate surface area is 123 Å². The molecule has 3 heteroatoms. The Morgan fingerprint density at radius 3 is 1.90 bits per heavy atom. The van der Waals surface area contributed by atoms with Crippen LogP contribution in [-0.4, -0.2) is 13.2 Å². The first kappa shape index (κ1) is 15.1. The Morgan fingerprint density at radius 1 is 0.800 bits per heavy atom. The molecule has 0 N–H and O–H groups in total. The maximum atomic E-state index is 6.18. The zero-order valence-corrected chi connectivity index (χ0v) is 13.2. The van der Waals surface area contributed by atoms with Crippen LogP contribution in [0.15, 0.2) is 64.4 Å². The molecular weight excluding hydrogens is 268 g/mol. The summed E-state index contributed by atoms with van der Waals surface area (Å²) in [5.74, 6) is 0. The van der Waals surface area contributed by atoms with Gasteiger partial charge in [-0.1, -0.05) is 36.4 Å². The number of benzene rings is 2. The first-order valence-electron chi connectivity index (χ1n) is 6.97. The fourth-order valence-electron chi connectivity index (χ4n) is 2.21. The van der Waals surface area contributed by atoms with Gasteiger partial charge in [-0.25, -0.2) is 0 Å². The second kappa shape index (κ2) is 6.93. The zero-order chi connectivity index (χ0) is 14.4. The molecule has 0 bridgehead atoms. The number of aryl methyl sites for hydroxylation is 1. The van der Waals surface area contributed by atoms with Crippen molar-refractivity contribution in [2.45, 2.75) is 30.6 Å². The van der Waals surface area contributed by atoms with Gasteiger partial charge in [0.2, 0.25) is 0 Å². The van der Waals surface area contributed by atoms with Crippen LogP contribution in [0.3, 0.4) is 0 Å². The van der Waals surface area contributed by atoms with Crippen molar-refractivity contribution in [1.82, 2.24) is 0 Å². The van der Waals surface area contributed by atoms with E-state index in [-0.39, 0.29) is 0 Å². The molecule has 0 amide bonds. The third kappa shape index (κ3) is 2.90. The second-order valence-corrected chi connectivity index (χ2v) is 6.78. The highest BCUT2D eigenvalue weighted by molar-refractivity contribution is 8.26. The van der Waals surface area contributed by atoms with Gasteiger partial charge in [-0.2, -0.15) is 0 Å². The molecule has 108 valence electrons. The molecule has 20 heavy (non-hydrogen) atoms. The Bertz CT molecular complexity index is 534. The SMILES string of the molecule is CCOS(OCC)(c1ccccc1)c1ccccc1C. The summed E-state index contributed by atoms with van der Waals surface area (Å²) in [7, 11) is -1.88. The predicted molar refractivity (Wildman–Crippen MR) is 85.0 cm³/mol. The van der Waals surface area contributed by atoms with Gasteiger partial charge in [-0.15, -0.1) is 10.6 Å². The monoisotopic (exact) mass is 290 g/mol. The van der Waals surface area contributed by atoms with E-state index in [9.17, 15) is 0 Å². The Hall–Kier alpha value is -1.29. The summed E-state index contributed by atoms with van der Waals surface area (Å²) >= 11 is 0. The Morgan fingerprint density at radius 2 is 1.35 bits per heavy atom. The minimum Gasteiger partial charge on any atom is -0.275 e. The first-order chi connectivity index (χ1) is 9.74. The van der Waals surface area contributed by atoms with Crippen molar-refractivity contribution in [3.8, 4) is 0 Å². The first-order valence-corrected chi connectivity index (χ1v) is 8.45. The van der Waals surface area contributed by atoms with E-state index in [4.69, 9.17) is 8.37 Å². The third-order valence-corrected chi connectivity index (χ3v) is 6.07. The molecule has 0 heterocycles. The average molecular weight is 290 g/mol. The largest absolute Gasteiger partial charge is 0.275 e. The highest BCUT2D eigenvalue weighted by Crippen LogP contribution is 2.64. The van der Waals surface area contributed by atoms with Crippen LogP contribution in [-0.2, 0) is 8.37 Å². The minimum atomic E-state index is -1.88. The topological polar surface area (TPSA) is 18.5 Å². The molecule has 2 aromatic carbocycles. The van der Waals surface area contributed by atoms with Crippen LogP contribution in [0.5, 0.6) is 0 Å². The van der Waals surface area contributed by atoms with E-state index < -0.39 is 10.6 Å². The fraction of sp³-hybridized carbons (Fsp3) is 0.294. The lowest BCUT2D eigenvalue weighted by molar-refractivity contribution is 0.275. The Balaban J connectivity index is 2.62. The van der Waals surface area contributed by atoms with Crippen molar-refractivity contribution >= 4 is 10.6 Å². The van der Waals surface area contributed by atoms with E-state index in [0.717, 1.165) is 9.79 Å². The molecule has 0 saturated heterocycles. The highest BCUT2D eigenvalue weighted by Gasteiger charge is 2.27. The van der Waals surface area contributed by atoms with Crippen molar-refractivity contribution in [3.05, 3.63) is 60.2 Å². The van der Waals surface area contributed by atoms with Crippen molar-refractivity contribution in [2.24, 2.45) is 0 Å². The van der Waals surface area contributed by atoms with E-state index in [2.05, 4.69) is 31.2 Å². The van der Waals surface area contributed by atoms with Gasteiger partial charge >= 0.3 is 0 Å². The van der Waals surface area contributed by atoms with Crippen LogP contribution in [0.25, 0.3) is 0 Å². The summed E-state index contributed by atoms with van der Waals surface area (Å²) in [5, 5.41) is 0. The van der Waals surface area contributed by atoms with Gasteiger partial charge in [0.1, 0.15) is 0 Å². The number of hydrogen-bond acceptors (Lipinski definition) is 2. The maximum Gasteiger partial charge on any atom is 0.0694 e. The summed E-state index contributed by atoms with van der Waals surface area (Å²) in [4.78, 5) is 2.26. The van der Waals surface area contributed by atoms with E-state index in [1.807, 2.05) is 44.2 Å². The summed E-state index contributed by atoms with van der Waals surface area (Å²) < 4.78 is 12.4. The quantitative estimate of drug-likeness (QED) is 0.735. The van der Waals surface area contributed by atoms with E-state index in [1.165, 1.54) is 5.56 Å². The smallest absolute Gasteiger partial charge is 0.0694 e. The van der Waals surface area contributed by atoms with Crippen LogP contribution < -0.4 is 0 Å². The molecule has 0 saturated carbocycles. The molecule has 2 nitrogen and oxygen atoms in total. The van der Waals surface area contributed by atoms with Crippen LogP contribution >= 0.6 is 10.6 Å². The average Bonchev–Trinajstić information content (AvgIpc) is 2.48. The molecule has 0 aromatic heterocycles. The lowest BCUT2D eigenvalue weighted by Gasteiger charge is -2.43. The molecule has 2 aromatic rings. The predicted octanol–water partition coefficient (Wildman–Crippen LogP) is 5.12. The number of rotatable bonds is 6. The summed E-state index contributed by atoms with van der Waals surface area (Å²) in [6, 6.07) is 18.6. The van der Waals surface area contributed by atoms with Gasteiger partial charge in [0.15, 0.2) is 0 Å². The molecule has 0 unspecified atom stereocenters. The van der Waals surface area contributed by atoms with Crippen LogP contribution in [0.2, 0.25) is 0 Å². The normalized spacial score (nSPS) is 12.3. The van der Waals surface area contributed by atoms with Crippen LogP contribution in [0.1, 0.15) is 19.4 Å². The second-order valence-electron chi connectivity index (χ2n) is 4.40. The van der Waals surface area contributed by atoms with Crippen molar-refractivity contribution < 1.29 is 8.37 Å². The van der Waals surface area contributed by atoms with Crippen molar-refractivity contribution in [2.75, 3.05) is 13.2 Å². The van der Waals surface area contributed by atoms with E-state index in [0.29, 0.717) is 13.2 Å². The Kier molecular flexibility index (Phi) is 5.24. The van der Waals surface area contributed by atoms with Gasteiger partial charge in [-0.05, 0) is 44.5 Å². The van der Waals surface area contributed by atoms with Crippen LogP contribution in [0, 0.1) is 6.92 Å². The molecule has 2 rings (SSSR count).